The molecule has 130 valence electrons. The zero-order valence-corrected chi connectivity index (χ0v) is 15.5. The van der Waals surface area contributed by atoms with E-state index in [2.05, 4.69) is 76.9 Å². The van der Waals surface area contributed by atoms with Gasteiger partial charge in [0.05, 0.1) is 5.69 Å². The van der Waals surface area contributed by atoms with Gasteiger partial charge in [-0.25, -0.2) is 4.68 Å². The molecule has 3 heterocycles. The second kappa shape index (κ2) is 5.92. The van der Waals surface area contributed by atoms with Crippen molar-refractivity contribution < 1.29 is 0 Å². The van der Waals surface area contributed by atoms with E-state index < -0.39 is 0 Å². The molecule has 0 saturated carbocycles. The number of fused-ring (bicyclic) bond motifs is 2. The number of thioether (sulfide) groups is 1. The zero-order valence-electron chi connectivity index (χ0n) is 14.7. The van der Waals surface area contributed by atoms with Crippen LogP contribution in [0.25, 0.3) is 22.2 Å². The molecule has 26 heavy (non-hydrogen) atoms. The summed E-state index contributed by atoms with van der Waals surface area (Å²) < 4.78 is 2.03. The van der Waals surface area contributed by atoms with Crippen LogP contribution in [0, 0.1) is 6.92 Å². The van der Waals surface area contributed by atoms with Crippen molar-refractivity contribution in [1.29, 1.82) is 0 Å². The minimum Gasteiger partial charge on any atom is -0.354 e. The first-order chi connectivity index (χ1) is 12.7. The minimum atomic E-state index is 0.0940. The first-order valence-electron chi connectivity index (χ1n) is 8.79. The summed E-state index contributed by atoms with van der Waals surface area (Å²) in [6.07, 6.45) is 0.853. The van der Waals surface area contributed by atoms with Gasteiger partial charge in [-0.05, 0) is 24.6 Å². The normalized spacial score (nSPS) is 16.0. The van der Waals surface area contributed by atoms with Gasteiger partial charge in [-0.1, -0.05) is 60.6 Å². The van der Waals surface area contributed by atoms with E-state index in [0.717, 1.165) is 28.6 Å². The fourth-order valence-electron chi connectivity index (χ4n) is 3.54. The Balaban J connectivity index is 1.69. The third kappa shape index (κ3) is 2.33. The molecule has 0 fully saturated rings. The van der Waals surface area contributed by atoms with Crippen molar-refractivity contribution in [2.45, 2.75) is 30.8 Å². The van der Waals surface area contributed by atoms with Gasteiger partial charge in [0.1, 0.15) is 5.37 Å². The summed E-state index contributed by atoms with van der Waals surface area (Å²) in [7, 11) is 0. The number of nitrogens with zero attached hydrogens (tertiary/aromatic N) is 3. The van der Waals surface area contributed by atoms with Crippen LogP contribution < -0.4 is 5.43 Å². The highest BCUT2D eigenvalue weighted by atomic mass is 32.2. The molecule has 0 saturated heterocycles. The summed E-state index contributed by atoms with van der Waals surface area (Å²) in [6.45, 7) is 4.24. The number of benzene rings is 2. The monoisotopic (exact) mass is 361 g/mol. The van der Waals surface area contributed by atoms with Crippen LogP contribution in [0.4, 0.5) is 0 Å². The van der Waals surface area contributed by atoms with Crippen molar-refractivity contribution >= 4 is 22.7 Å². The summed E-state index contributed by atoms with van der Waals surface area (Å²) in [5.41, 5.74) is 9.63. The lowest BCUT2D eigenvalue weighted by Crippen LogP contribution is -2.15. The average Bonchev–Trinajstić information content (AvgIpc) is 3.33. The number of hydrogen-bond acceptors (Lipinski definition) is 4. The number of aromatic amines is 1. The molecule has 1 aliphatic rings. The maximum absolute atomic E-state index is 4.33. The van der Waals surface area contributed by atoms with Crippen LogP contribution in [-0.4, -0.2) is 19.9 Å². The molecular formula is C20H19N5S. The van der Waals surface area contributed by atoms with Gasteiger partial charge in [-0.3, -0.25) is 0 Å². The lowest BCUT2D eigenvalue weighted by atomic mass is 10.0. The Bertz CT molecular complexity index is 1100. The van der Waals surface area contributed by atoms with Gasteiger partial charge in [0.2, 0.25) is 5.16 Å². The van der Waals surface area contributed by atoms with Gasteiger partial charge < -0.3 is 10.4 Å². The fourth-order valence-corrected chi connectivity index (χ4v) is 4.62. The molecule has 1 atom stereocenters. The highest BCUT2D eigenvalue weighted by Crippen LogP contribution is 2.45. The summed E-state index contributed by atoms with van der Waals surface area (Å²) in [6, 6.07) is 17.1. The summed E-state index contributed by atoms with van der Waals surface area (Å²) >= 11 is 1.72. The first-order valence-corrected chi connectivity index (χ1v) is 9.67. The molecule has 0 amide bonds. The van der Waals surface area contributed by atoms with Gasteiger partial charge in [0, 0.05) is 22.9 Å². The number of nitrogens with one attached hydrogen (secondary N) is 2. The molecule has 2 aromatic heterocycles. The minimum absolute atomic E-state index is 0.0940. The van der Waals surface area contributed by atoms with Gasteiger partial charge in [-0.15, -0.1) is 10.2 Å². The maximum Gasteiger partial charge on any atom is 0.212 e. The molecule has 5 nitrogen and oxygen atoms in total. The van der Waals surface area contributed by atoms with Crippen LogP contribution in [0.2, 0.25) is 0 Å². The van der Waals surface area contributed by atoms with E-state index in [0.29, 0.717) is 0 Å². The molecule has 0 spiro atoms. The summed E-state index contributed by atoms with van der Waals surface area (Å²) in [5, 5.41) is 10.9. The Morgan fingerprint density at radius 3 is 2.77 bits per heavy atom. The summed E-state index contributed by atoms with van der Waals surface area (Å²) in [5.74, 6) is 0.965. The van der Waals surface area contributed by atoms with Crippen LogP contribution in [0.1, 0.15) is 29.2 Å². The lowest BCUT2D eigenvalue weighted by molar-refractivity contribution is 0.741. The number of rotatable bonds is 3. The standard InChI is InChI=1S/C20H19N5S/c1-3-16-22-23-20-25(16)24-19(26-20)17-14-11-12(2)9-10-15(14)21-18(17)13-7-5-4-6-8-13/h4-11,19,21,24H,3H2,1-2H3. The van der Waals surface area contributed by atoms with E-state index in [1.54, 1.807) is 11.8 Å². The Morgan fingerprint density at radius 1 is 1.12 bits per heavy atom. The Hall–Kier alpha value is -2.73. The van der Waals surface area contributed by atoms with Gasteiger partial charge in [-0.2, -0.15) is 0 Å². The van der Waals surface area contributed by atoms with E-state index in [4.69, 9.17) is 0 Å². The molecule has 5 rings (SSSR count). The van der Waals surface area contributed by atoms with Crippen molar-refractivity contribution in [3.8, 4) is 11.3 Å². The molecule has 6 heteroatoms. The smallest absolute Gasteiger partial charge is 0.212 e. The zero-order chi connectivity index (χ0) is 17.7. The summed E-state index contributed by atoms with van der Waals surface area (Å²) in [4.78, 5) is 3.63. The predicted molar refractivity (Wildman–Crippen MR) is 106 cm³/mol. The average molecular weight is 361 g/mol. The molecule has 0 aliphatic carbocycles. The molecule has 0 bridgehead atoms. The molecule has 2 aromatic carbocycles. The topological polar surface area (TPSA) is 58.5 Å². The van der Waals surface area contributed by atoms with Crippen molar-refractivity contribution in [3.63, 3.8) is 0 Å². The highest BCUT2D eigenvalue weighted by Gasteiger charge is 2.31. The predicted octanol–water partition coefficient (Wildman–Crippen LogP) is 4.65. The van der Waals surface area contributed by atoms with Gasteiger partial charge in [0.25, 0.3) is 0 Å². The van der Waals surface area contributed by atoms with E-state index in [1.807, 2.05) is 10.7 Å². The number of H-pyrrole nitrogens is 1. The lowest BCUT2D eigenvalue weighted by Gasteiger charge is -2.14. The quantitative estimate of drug-likeness (QED) is 0.558. The second-order valence-electron chi connectivity index (χ2n) is 6.54. The van der Waals surface area contributed by atoms with Crippen molar-refractivity contribution in [3.05, 3.63) is 65.5 Å². The first kappa shape index (κ1) is 15.5. The van der Waals surface area contributed by atoms with Gasteiger partial charge in [0.15, 0.2) is 5.82 Å². The Labute approximate surface area is 155 Å². The molecule has 2 N–H and O–H groups in total. The largest absolute Gasteiger partial charge is 0.354 e. The van der Waals surface area contributed by atoms with Crippen molar-refractivity contribution in [2.75, 3.05) is 5.43 Å². The number of hydrogen-bond donors (Lipinski definition) is 2. The molecule has 0 radical (unpaired) electrons. The van der Waals surface area contributed by atoms with Crippen molar-refractivity contribution in [2.24, 2.45) is 0 Å². The second-order valence-corrected chi connectivity index (χ2v) is 7.62. The SMILES string of the molecule is CCc1nnc2n1NC(c1c(-c3ccccc3)[nH]c3ccc(C)cc13)S2. The molecular weight excluding hydrogens is 342 g/mol. The van der Waals surface area contributed by atoms with E-state index >= 15 is 0 Å². The Morgan fingerprint density at radius 2 is 1.96 bits per heavy atom. The van der Waals surface area contributed by atoms with E-state index in [1.165, 1.54) is 22.1 Å². The van der Waals surface area contributed by atoms with Crippen LogP contribution in [-0.2, 0) is 6.42 Å². The van der Waals surface area contributed by atoms with Crippen LogP contribution >= 0.6 is 11.8 Å². The van der Waals surface area contributed by atoms with Crippen LogP contribution in [0.3, 0.4) is 0 Å². The third-order valence-corrected chi connectivity index (χ3v) is 5.86. The van der Waals surface area contributed by atoms with Crippen LogP contribution in [0.15, 0.2) is 53.7 Å². The van der Waals surface area contributed by atoms with E-state index in [9.17, 15) is 0 Å². The maximum atomic E-state index is 4.33. The van der Waals surface area contributed by atoms with Crippen molar-refractivity contribution in [1.82, 2.24) is 19.9 Å². The number of aromatic nitrogens is 4. The molecule has 1 aliphatic heterocycles. The van der Waals surface area contributed by atoms with Crippen LogP contribution in [0.5, 0.6) is 0 Å². The highest BCUT2D eigenvalue weighted by molar-refractivity contribution is 7.99. The molecule has 1 unspecified atom stereocenters. The fraction of sp³-hybridized carbons (Fsp3) is 0.200. The third-order valence-electron chi connectivity index (χ3n) is 4.81. The van der Waals surface area contributed by atoms with Gasteiger partial charge >= 0.3 is 0 Å². The Kier molecular flexibility index (Phi) is 3.53. The van der Waals surface area contributed by atoms with E-state index in [-0.39, 0.29) is 5.37 Å². The number of aryl methyl sites for hydroxylation is 2. The molecule has 4 aromatic rings.